The third-order valence-electron chi connectivity index (χ3n) is 2.14. The smallest absolute Gasteiger partial charge is 0.253 e. The number of hydrogen-bond acceptors (Lipinski definition) is 4. The molecule has 0 bridgehead atoms. The number of aromatic nitrogens is 2. The summed E-state index contributed by atoms with van der Waals surface area (Å²) < 4.78 is 0. The van der Waals surface area contributed by atoms with Crippen LogP contribution in [0.25, 0.3) is 11.0 Å². The maximum absolute atomic E-state index is 11.7. The van der Waals surface area contributed by atoms with E-state index in [1.54, 1.807) is 30.6 Å². The number of nitrogens with zero attached hydrogens (tertiary/aromatic N) is 2. The Hall–Kier alpha value is -2.01. The Bertz CT molecular complexity index is 508. The minimum atomic E-state index is -0.250. The highest BCUT2D eigenvalue weighted by atomic mass is 16.3. The Balaban J connectivity index is 2.40. The second-order valence-electron chi connectivity index (χ2n) is 3.21. The lowest BCUT2D eigenvalue weighted by molar-refractivity contribution is 0.0946. The van der Waals surface area contributed by atoms with Crippen LogP contribution in [0, 0.1) is 0 Å². The third kappa shape index (κ3) is 1.99. The highest BCUT2D eigenvalue weighted by molar-refractivity contribution is 6.04. The lowest BCUT2D eigenvalue weighted by Gasteiger charge is -2.05. The van der Waals surface area contributed by atoms with Crippen molar-refractivity contribution in [2.24, 2.45) is 0 Å². The van der Waals surface area contributed by atoms with E-state index in [0.29, 0.717) is 16.6 Å². The second kappa shape index (κ2) is 4.67. The number of aliphatic hydroxyl groups excluding tert-OH is 1. The monoisotopic (exact) mass is 217 g/mol. The molecule has 1 amide bonds. The SMILES string of the molecule is O=C(NCCO)c1cccc2nccnc12. The molecule has 0 saturated heterocycles. The zero-order chi connectivity index (χ0) is 11.4. The molecule has 0 aliphatic carbocycles. The van der Waals surface area contributed by atoms with Crippen LogP contribution in [-0.4, -0.2) is 34.1 Å². The largest absolute Gasteiger partial charge is 0.395 e. The zero-order valence-corrected chi connectivity index (χ0v) is 8.55. The number of benzene rings is 1. The van der Waals surface area contributed by atoms with Crippen molar-refractivity contribution < 1.29 is 9.90 Å². The molecule has 0 fully saturated rings. The van der Waals surface area contributed by atoms with Gasteiger partial charge in [0.2, 0.25) is 0 Å². The van der Waals surface area contributed by atoms with Gasteiger partial charge in [0.15, 0.2) is 0 Å². The van der Waals surface area contributed by atoms with Gasteiger partial charge in [0.1, 0.15) is 5.52 Å². The Labute approximate surface area is 92.2 Å². The molecule has 0 aliphatic heterocycles. The van der Waals surface area contributed by atoms with Crippen molar-refractivity contribution in [3.8, 4) is 0 Å². The second-order valence-corrected chi connectivity index (χ2v) is 3.21. The fourth-order valence-electron chi connectivity index (χ4n) is 1.44. The van der Waals surface area contributed by atoms with E-state index in [9.17, 15) is 4.79 Å². The highest BCUT2D eigenvalue weighted by Gasteiger charge is 2.10. The van der Waals surface area contributed by atoms with Crippen molar-refractivity contribution in [1.29, 1.82) is 0 Å². The van der Waals surface area contributed by atoms with Crippen molar-refractivity contribution in [2.75, 3.05) is 13.2 Å². The van der Waals surface area contributed by atoms with E-state index in [2.05, 4.69) is 15.3 Å². The fraction of sp³-hybridized carbons (Fsp3) is 0.182. The van der Waals surface area contributed by atoms with Crippen LogP contribution in [0.1, 0.15) is 10.4 Å². The highest BCUT2D eigenvalue weighted by Crippen LogP contribution is 2.13. The van der Waals surface area contributed by atoms with Gasteiger partial charge in [0.25, 0.3) is 5.91 Å². The normalized spacial score (nSPS) is 10.3. The topological polar surface area (TPSA) is 75.1 Å². The van der Waals surface area contributed by atoms with Crippen molar-refractivity contribution in [2.45, 2.75) is 0 Å². The van der Waals surface area contributed by atoms with E-state index in [0.717, 1.165) is 0 Å². The van der Waals surface area contributed by atoms with Crippen molar-refractivity contribution in [3.63, 3.8) is 0 Å². The Kier molecular flexibility index (Phi) is 3.07. The summed E-state index contributed by atoms with van der Waals surface area (Å²) in [6, 6.07) is 5.24. The first-order valence-electron chi connectivity index (χ1n) is 4.91. The average Bonchev–Trinajstić information content (AvgIpc) is 2.35. The van der Waals surface area contributed by atoms with Crippen LogP contribution in [0.3, 0.4) is 0 Å². The van der Waals surface area contributed by atoms with Crippen LogP contribution in [0.5, 0.6) is 0 Å². The summed E-state index contributed by atoms with van der Waals surface area (Å²) in [6.45, 7) is 0.150. The molecule has 1 aromatic carbocycles. The molecule has 0 spiro atoms. The molecule has 1 heterocycles. The van der Waals surface area contributed by atoms with E-state index in [-0.39, 0.29) is 19.1 Å². The standard InChI is InChI=1S/C11H11N3O2/c15-7-6-14-11(16)8-2-1-3-9-10(8)13-5-4-12-9/h1-5,15H,6-7H2,(H,14,16). The molecule has 5 heteroatoms. The van der Waals surface area contributed by atoms with Gasteiger partial charge in [-0.15, -0.1) is 0 Å². The molecular weight excluding hydrogens is 206 g/mol. The summed E-state index contributed by atoms with van der Waals surface area (Å²) in [6.07, 6.45) is 3.13. The first kappa shape index (κ1) is 10.5. The van der Waals surface area contributed by atoms with Gasteiger partial charge < -0.3 is 10.4 Å². The molecule has 5 nitrogen and oxygen atoms in total. The van der Waals surface area contributed by atoms with Crippen LogP contribution < -0.4 is 5.32 Å². The van der Waals surface area contributed by atoms with E-state index >= 15 is 0 Å². The minimum absolute atomic E-state index is 0.0812. The first-order valence-corrected chi connectivity index (χ1v) is 4.91. The van der Waals surface area contributed by atoms with Gasteiger partial charge >= 0.3 is 0 Å². The maximum Gasteiger partial charge on any atom is 0.253 e. The van der Waals surface area contributed by atoms with Crippen LogP contribution >= 0.6 is 0 Å². The predicted molar refractivity (Wildman–Crippen MR) is 59.0 cm³/mol. The van der Waals surface area contributed by atoms with E-state index in [4.69, 9.17) is 5.11 Å². The number of fused-ring (bicyclic) bond motifs is 1. The molecule has 2 rings (SSSR count). The minimum Gasteiger partial charge on any atom is -0.395 e. The molecule has 2 aromatic rings. The lowest BCUT2D eigenvalue weighted by Crippen LogP contribution is -2.26. The summed E-state index contributed by atoms with van der Waals surface area (Å²) in [4.78, 5) is 20.0. The van der Waals surface area contributed by atoms with Gasteiger partial charge in [-0.3, -0.25) is 14.8 Å². The number of nitrogens with one attached hydrogen (secondary N) is 1. The molecule has 0 radical (unpaired) electrons. The number of amides is 1. The molecule has 16 heavy (non-hydrogen) atoms. The number of carbonyl (C=O) groups excluding carboxylic acids is 1. The maximum atomic E-state index is 11.7. The first-order chi connectivity index (χ1) is 7.83. The molecule has 0 saturated carbocycles. The summed E-state index contributed by atoms with van der Waals surface area (Å²) >= 11 is 0. The molecular formula is C11H11N3O2. The van der Waals surface area contributed by atoms with E-state index < -0.39 is 0 Å². The quantitative estimate of drug-likeness (QED) is 0.778. The number of hydrogen-bond donors (Lipinski definition) is 2. The third-order valence-corrected chi connectivity index (χ3v) is 2.14. The summed E-state index contributed by atoms with van der Waals surface area (Å²) in [5.41, 5.74) is 1.72. The van der Waals surface area contributed by atoms with Gasteiger partial charge in [0.05, 0.1) is 17.7 Å². The van der Waals surface area contributed by atoms with Crippen LogP contribution in [0.15, 0.2) is 30.6 Å². The summed E-state index contributed by atoms with van der Waals surface area (Å²) in [7, 11) is 0. The zero-order valence-electron chi connectivity index (χ0n) is 8.55. The van der Waals surface area contributed by atoms with Crippen LogP contribution in [-0.2, 0) is 0 Å². The number of carbonyl (C=O) groups is 1. The fourth-order valence-corrected chi connectivity index (χ4v) is 1.44. The lowest BCUT2D eigenvalue weighted by atomic mass is 10.1. The van der Waals surface area contributed by atoms with Gasteiger partial charge in [-0.25, -0.2) is 0 Å². The molecule has 0 aliphatic rings. The Morgan fingerprint density at radius 1 is 1.31 bits per heavy atom. The number of rotatable bonds is 3. The molecule has 82 valence electrons. The average molecular weight is 217 g/mol. The van der Waals surface area contributed by atoms with Gasteiger partial charge in [0, 0.05) is 18.9 Å². The van der Waals surface area contributed by atoms with Crippen molar-refractivity contribution >= 4 is 16.9 Å². The summed E-state index contributed by atoms with van der Waals surface area (Å²) in [5.74, 6) is -0.250. The van der Waals surface area contributed by atoms with E-state index in [1.165, 1.54) is 0 Å². The predicted octanol–water partition coefficient (Wildman–Crippen LogP) is 0.352. The molecule has 1 aromatic heterocycles. The van der Waals surface area contributed by atoms with Gasteiger partial charge in [-0.2, -0.15) is 0 Å². The molecule has 0 atom stereocenters. The van der Waals surface area contributed by atoms with Gasteiger partial charge in [-0.05, 0) is 12.1 Å². The van der Waals surface area contributed by atoms with Crippen LogP contribution in [0.2, 0.25) is 0 Å². The van der Waals surface area contributed by atoms with Gasteiger partial charge in [-0.1, -0.05) is 6.07 Å². The van der Waals surface area contributed by atoms with Crippen molar-refractivity contribution in [1.82, 2.24) is 15.3 Å². The van der Waals surface area contributed by atoms with Crippen LogP contribution in [0.4, 0.5) is 0 Å². The summed E-state index contributed by atoms with van der Waals surface area (Å²) in [5, 5.41) is 11.2. The Morgan fingerprint density at radius 3 is 2.94 bits per heavy atom. The molecule has 2 N–H and O–H groups in total. The van der Waals surface area contributed by atoms with E-state index in [1.807, 2.05) is 0 Å². The van der Waals surface area contributed by atoms with Crippen molar-refractivity contribution in [3.05, 3.63) is 36.2 Å². The number of para-hydroxylation sites is 1. The number of aliphatic hydroxyl groups is 1. The Morgan fingerprint density at radius 2 is 2.12 bits per heavy atom. The molecule has 0 unspecified atom stereocenters.